The molecule has 2 heterocycles. The molecule has 0 aliphatic heterocycles. The van der Waals surface area contributed by atoms with E-state index in [2.05, 4.69) is 67.6 Å². The van der Waals surface area contributed by atoms with E-state index in [1.807, 2.05) is 72.8 Å². The summed E-state index contributed by atoms with van der Waals surface area (Å²) in [6.07, 6.45) is 4.99. The molecule has 4 amide bonds. The summed E-state index contributed by atoms with van der Waals surface area (Å²) in [6, 6.07) is 39.4. The van der Waals surface area contributed by atoms with Crippen LogP contribution in [0.4, 0.5) is 31.5 Å². The highest BCUT2D eigenvalue weighted by molar-refractivity contribution is 6.11. The van der Waals surface area contributed by atoms with E-state index < -0.39 is 71.6 Å². The Balaban J connectivity index is 0.952. The van der Waals surface area contributed by atoms with Crippen molar-refractivity contribution in [2.24, 2.45) is 0 Å². The number of carbonyl (C=O) groups excluding carboxylic acids is 4. The van der Waals surface area contributed by atoms with Gasteiger partial charge in [0.2, 0.25) is 11.8 Å². The molecular weight excluding hydrogens is 1040 g/mol. The maximum Gasteiger partial charge on any atom is 0.262 e. The molecule has 418 valence electrons. The fraction of sp³-hybridized carbons (Fsp3) is 0.242. The molecule has 10 rings (SSSR count). The molecule has 2 aromatic heterocycles. The Morgan fingerprint density at radius 3 is 1.62 bits per heavy atom. The van der Waals surface area contributed by atoms with Crippen LogP contribution in [0.2, 0.25) is 0 Å². The number of hydrogen-bond donors (Lipinski definition) is 5. The number of nitrogens with two attached hydrogens (primary N) is 1. The molecular formula is C66H64F2N8O6. The normalized spacial score (nSPS) is 17.2. The Morgan fingerprint density at radius 2 is 1.11 bits per heavy atom. The molecule has 82 heavy (non-hydrogen) atoms. The van der Waals surface area contributed by atoms with Gasteiger partial charge in [-0.05, 0) is 111 Å². The van der Waals surface area contributed by atoms with Crippen LogP contribution in [0.5, 0.6) is 0 Å². The number of hydrogen-bond acceptors (Lipinski definition) is 10. The Morgan fingerprint density at radius 1 is 0.598 bits per heavy atom. The number of pyridine rings is 2. The van der Waals surface area contributed by atoms with Crippen LogP contribution in [0.15, 0.2) is 183 Å². The lowest BCUT2D eigenvalue weighted by atomic mass is 9.87. The van der Waals surface area contributed by atoms with E-state index in [0.29, 0.717) is 35.3 Å². The molecule has 8 aromatic rings. The van der Waals surface area contributed by atoms with Crippen molar-refractivity contribution in [2.45, 2.75) is 102 Å². The molecule has 6 aromatic carbocycles. The fourth-order valence-electron chi connectivity index (χ4n) is 10.8. The number of carbonyl (C=O) groups is 4. The van der Waals surface area contributed by atoms with Crippen molar-refractivity contribution in [3.8, 4) is 0 Å². The van der Waals surface area contributed by atoms with E-state index in [-0.39, 0.29) is 33.3 Å². The molecule has 14 nitrogen and oxygen atoms in total. The maximum absolute atomic E-state index is 16.9. The summed E-state index contributed by atoms with van der Waals surface area (Å²) < 4.78 is 31.5. The molecule has 6 N–H and O–H groups in total. The first kappa shape index (κ1) is 56.2. The van der Waals surface area contributed by atoms with E-state index in [9.17, 15) is 19.1 Å². The van der Waals surface area contributed by atoms with E-state index in [1.165, 1.54) is 46.5 Å². The second kappa shape index (κ2) is 23.2. The fourth-order valence-corrected chi connectivity index (χ4v) is 10.8. The molecule has 16 heteroatoms. The second-order valence-corrected chi connectivity index (χ2v) is 22.9. The van der Waals surface area contributed by atoms with E-state index in [0.717, 1.165) is 45.5 Å². The summed E-state index contributed by atoms with van der Waals surface area (Å²) in [5, 5.41) is 17.4. The summed E-state index contributed by atoms with van der Waals surface area (Å²) in [5.74, 6) is -4.30. The molecule has 0 bridgehead atoms. The predicted octanol–water partition coefficient (Wildman–Crippen LogP) is 11.3. The Kier molecular flexibility index (Phi) is 15.9. The van der Waals surface area contributed by atoms with Crippen molar-refractivity contribution >= 4 is 46.4 Å². The molecule has 0 fully saturated rings. The van der Waals surface area contributed by atoms with Crippen molar-refractivity contribution in [2.75, 3.05) is 21.0 Å². The molecule has 6 atom stereocenters. The van der Waals surface area contributed by atoms with Crippen LogP contribution < -0.4 is 31.6 Å². The highest BCUT2D eigenvalue weighted by Gasteiger charge is 2.42. The number of nitrogens with zero attached hydrogens (tertiary/aromatic N) is 4. The third kappa shape index (κ3) is 11.7. The minimum Gasteiger partial charge on any atom is -0.396 e. The average molecular weight is 1100 g/mol. The van der Waals surface area contributed by atoms with Crippen molar-refractivity contribution in [3.05, 3.63) is 250 Å². The van der Waals surface area contributed by atoms with Crippen LogP contribution in [-0.2, 0) is 38.1 Å². The number of nitrogens with one attached hydrogen (secondary N) is 3. The largest absolute Gasteiger partial charge is 0.396 e. The van der Waals surface area contributed by atoms with Gasteiger partial charge in [-0.15, -0.1) is 0 Å². The van der Waals surface area contributed by atoms with Crippen molar-refractivity contribution in [1.29, 1.82) is 0 Å². The van der Waals surface area contributed by atoms with Gasteiger partial charge in [-0.3, -0.25) is 49.3 Å². The number of aromatic nitrogens is 2. The summed E-state index contributed by atoms with van der Waals surface area (Å²) in [4.78, 5) is 77.9. The van der Waals surface area contributed by atoms with E-state index in [1.54, 1.807) is 60.9 Å². The number of rotatable bonds is 15. The Bertz CT molecular complexity index is 3650. The van der Waals surface area contributed by atoms with E-state index >= 15 is 14.0 Å². The highest BCUT2D eigenvalue weighted by atomic mass is 19.1. The number of halogens is 2. The van der Waals surface area contributed by atoms with Crippen LogP contribution >= 0.6 is 0 Å². The lowest BCUT2D eigenvalue weighted by Crippen LogP contribution is -2.46. The molecule has 0 saturated heterocycles. The maximum atomic E-state index is 16.9. The SMILES string of the molecule is CC(C)(C)c1ccc(N(C(=O)c2ccc(F)c(N)c2)C(C(=O)N[C@@H]2c3ccccc3C[C@@H]2ONc2ccc(C(=O)N(c3ccc(C(C)(C)C)cc3)C(C(=O)N[C@@H]3c4ccccc4C[C@@H]3O)c3cccnc3)c(F)c2)c2cccnc2)cc1. The minimum absolute atomic E-state index is 0.0462. The Hall–Kier alpha value is -9.12. The summed E-state index contributed by atoms with van der Waals surface area (Å²) >= 11 is 0. The zero-order valence-corrected chi connectivity index (χ0v) is 46.3. The monoisotopic (exact) mass is 1100 g/mol. The number of fused-ring (bicyclic) bond motifs is 2. The van der Waals surface area contributed by atoms with Gasteiger partial charge in [-0.25, -0.2) is 8.78 Å². The number of benzene rings is 6. The third-order valence-electron chi connectivity index (χ3n) is 15.2. The smallest absolute Gasteiger partial charge is 0.262 e. The van der Waals surface area contributed by atoms with Gasteiger partial charge < -0.3 is 21.5 Å². The van der Waals surface area contributed by atoms with Crippen molar-refractivity contribution < 1.29 is 37.9 Å². The second-order valence-electron chi connectivity index (χ2n) is 22.9. The van der Waals surface area contributed by atoms with E-state index in [4.69, 9.17) is 10.6 Å². The summed E-state index contributed by atoms with van der Waals surface area (Å²) in [6.45, 7) is 12.4. The van der Waals surface area contributed by atoms with Crippen LogP contribution in [0, 0.1) is 11.6 Å². The van der Waals surface area contributed by atoms with Gasteiger partial charge >= 0.3 is 0 Å². The zero-order valence-electron chi connectivity index (χ0n) is 46.3. The minimum atomic E-state index is -1.38. The number of aliphatic hydroxyl groups is 1. The van der Waals surface area contributed by atoms with Gasteiger partial charge in [-0.2, -0.15) is 0 Å². The molecule has 2 unspecified atom stereocenters. The van der Waals surface area contributed by atoms with Crippen molar-refractivity contribution in [1.82, 2.24) is 20.6 Å². The van der Waals surface area contributed by atoms with Gasteiger partial charge in [0.05, 0.1) is 35.1 Å². The molecule has 0 spiro atoms. The molecule has 0 radical (unpaired) electrons. The van der Waals surface area contributed by atoms with Crippen molar-refractivity contribution in [3.63, 3.8) is 0 Å². The molecule has 2 aliphatic carbocycles. The highest BCUT2D eigenvalue weighted by Crippen LogP contribution is 2.39. The van der Waals surface area contributed by atoms with Gasteiger partial charge in [0.25, 0.3) is 11.8 Å². The van der Waals surface area contributed by atoms with Crippen LogP contribution in [0.1, 0.15) is 131 Å². The third-order valence-corrected chi connectivity index (χ3v) is 15.2. The standard InChI is InChI=1S/C66H64F2N8O6/c1-65(2,3)44-20-25-47(26-21-44)75(63(80)41-19-30-52(67)54(69)33-41)59(42-15-11-31-70-37-42)62(79)73-58-50-18-10-8-14-40(50)35-56(58)82-74-46-24-29-51(53(68)36-46)64(81)76(48-27-22-45(23-28-48)66(4,5)6)60(43-16-12-32-71-38-43)61(78)72-57-49-17-9-7-13-39(49)34-55(57)77/h7-33,36-38,55-60,74,77H,34-35,69H2,1-6H3,(H,72,78)(H,73,79)/t55-,56-,57+,58+,59?,60?/m0/s1. The summed E-state index contributed by atoms with van der Waals surface area (Å²) in [5.41, 5.74) is 14.6. The number of amides is 4. The number of anilines is 4. The number of nitrogen functional groups attached to an aromatic ring is 1. The average Bonchev–Trinajstić information content (AvgIpc) is 3.62. The first-order chi connectivity index (χ1) is 39.2. The molecule has 0 saturated carbocycles. The lowest BCUT2D eigenvalue weighted by Gasteiger charge is -2.33. The van der Waals surface area contributed by atoms with Gasteiger partial charge in [0, 0.05) is 71.8 Å². The quantitative estimate of drug-likeness (QED) is 0.0487. The Labute approximate surface area is 475 Å². The van der Waals surface area contributed by atoms with Crippen LogP contribution in [0.25, 0.3) is 0 Å². The predicted molar refractivity (Wildman–Crippen MR) is 312 cm³/mol. The van der Waals surface area contributed by atoms with Crippen LogP contribution in [0.3, 0.4) is 0 Å². The zero-order chi connectivity index (χ0) is 58.0. The van der Waals surface area contributed by atoms with Crippen LogP contribution in [-0.4, -0.2) is 50.9 Å². The van der Waals surface area contributed by atoms with Gasteiger partial charge in [-0.1, -0.05) is 126 Å². The van der Waals surface area contributed by atoms with Gasteiger partial charge in [0.1, 0.15) is 29.8 Å². The molecule has 2 aliphatic rings. The first-order valence-electron chi connectivity index (χ1n) is 27.1. The number of aliphatic hydroxyl groups excluding tert-OH is 1. The lowest BCUT2D eigenvalue weighted by molar-refractivity contribution is -0.124. The van der Waals surface area contributed by atoms with Gasteiger partial charge in [0.15, 0.2) is 0 Å². The topological polar surface area (TPSA) is 192 Å². The summed E-state index contributed by atoms with van der Waals surface area (Å²) in [7, 11) is 0. The first-order valence-corrected chi connectivity index (χ1v) is 27.1.